The van der Waals surface area contributed by atoms with Crippen LogP contribution in [-0.4, -0.2) is 46.4 Å². The molecule has 8 heteroatoms. The first-order chi connectivity index (χ1) is 12.3. The Hall–Kier alpha value is -1.19. The van der Waals surface area contributed by atoms with Gasteiger partial charge in [-0.1, -0.05) is 5.92 Å². The van der Waals surface area contributed by atoms with Gasteiger partial charge in [-0.25, -0.2) is 0 Å². The highest BCUT2D eigenvalue weighted by molar-refractivity contribution is 14.1. The third kappa shape index (κ3) is 4.20. The van der Waals surface area contributed by atoms with Crippen LogP contribution in [0.5, 0.6) is 5.75 Å². The van der Waals surface area contributed by atoms with E-state index < -0.39 is 0 Å². The molecule has 2 amide bonds. The van der Waals surface area contributed by atoms with Crippen molar-refractivity contribution in [1.82, 2.24) is 9.80 Å². The molecule has 0 unspecified atom stereocenters. The second kappa shape index (κ2) is 9.14. The second-order valence-electron chi connectivity index (χ2n) is 5.25. The molecule has 0 bridgehead atoms. The molecule has 136 valence electrons. The molecule has 0 N–H and O–H groups in total. The third-order valence-corrected chi connectivity index (χ3v) is 5.72. The SMILES string of the molecule is C#CCOc1c(I)cc(C=C2C(=O)N(CC)C(=S)N(CC)C2=O)cc1I. The van der Waals surface area contributed by atoms with Crippen LogP contribution < -0.4 is 4.74 Å². The van der Waals surface area contributed by atoms with Crippen molar-refractivity contribution in [2.75, 3.05) is 19.7 Å². The monoisotopic (exact) mass is 594 g/mol. The number of amides is 2. The van der Waals surface area contributed by atoms with E-state index in [-0.39, 0.29) is 29.1 Å². The Morgan fingerprint density at radius 3 is 2.08 bits per heavy atom. The van der Waals surface area contributed by atoms with Gasteiger partial charge >= 0.3 is 0 Å². The Kier molecular flexibility index (Phi) is 7.42. The van der Waals surface area contributed by atoms with Crippen molar-refractivity contribution in [3.63, 3.8) is 0 Å². The van der Waals surface area contributed by atoms with Gasteiger partial charge in [-0.15, -0.1) is 6.42 Å². The molecule has 26 heavy (non-hydrogen) atoms. The average Bonchev–Trinajstić information content (AvgIpc) is 2.59. The summed E-state index contributed by atoms with van der Waals surface area (Å²) in [6.45, 7) is 4.65. The van der Waals surface area contributed by atoms with E-state index in [1.807, 2.05) is 26.0 Å². The minimum absolute atomic E-state index is 0.103. The normalized spacial score (nSPS) is 14.6. The summed E-state index contributed by atoms with van der Waals surface area (Å²) in [7, 11) is 0. The standard InChI is InChI=1S/C18H16I2N2O3S/c1-4-7-25-15-13(19)9-11(10-14(15)20)8-12-16(23)21(5-2)18(26)22(6-3)17(12)24/h1,8-10H,5-7H2,2-3H3. The predicted molar refractivity (Wildman–Crippen MR) is 122 cm³/mol. The maximum absolute atomic E-state index is 12.7. The van der Waals surface area contributed by atoms with Gasteiger partial charge in [-0.3, -0.25) is 19.4 Å². The number of thiocarbonyl (C=S) groups is 1. The van der Waals surface area contributed by atoms with Crippen molar-refractivity contribution in [2.24, 2.45) is 0 Å². The van der Waals surface area contributed by atoms with Gasteiger partial charge in [0.15, 0.2) is 5.11 Å². The first-order valence-electron chi connectivity index (χ1n) is 7.80. The minimum Gasteiger partial charge on any atom is -0.479 e. The Morgan fingerprint density at radius 1 is 1.15 bits per heavy atom. The molecule has 0 aliphatic carbocycles. The highest BCUT2D eigenvalue weighted by atomic mass is 127. The summed E-state index contributed by atoms with van der Waals surface area (Å²) in [5.41, 5.74) is 0.842. The van der Waals surface area contributed by atoms with E-state index in [0.29, 0.717) is 18.8 Å². The number of ether oxygens (including phenoxy) is 1. The molecule has 1 aromatic carbocycles. The number of terminal acetylenes is 1. The molecule has 1 fully saturated rings. The van der Waals surface area contributed by atoms with Crippen LogP contribution in [-0.2, 0) is 9.59 Å². The van der Waals surface area contributed by atoms with Gasteiger partial charge < -0.3 is 4.74 Å². The van der Waals surface area contributed by atoms with Gasteiger partial charge in [0.05, 0.1) is 7.14 Å². The van der Waals surface area contributed by atoms with Gasteiger partial charge in [0, 0.05) is 13.1 Å². The Bertz CT molecular complexity index is 794. The van der Waals surface area contributed by atoms with E-state index in [1.165, 1.54) is 9.80 Å². The highest BCUT2D eigenvalue weighted by Gasteiger charge is 2.37. The lowest BCUT2D eigenvalue weighted by molar-refractivity contribution is -0.133. The molecule has 1 heterocycles. The Balaban J connectivity index is 2.47. The number of carbonyl (C=O) groups is 2. The number of benzene rings is 1. The van der Waals surface area contributed by atoms with Gasteiger partial charge in [0.25, 0.3) is 11.8 Å². The summed E-state index contributed by atoms with van der Waals surface area (Å²) >= 11 is 9.55. The van der Waals surface area contributed by atoms with Crippen LogP contribution in [0.2, 0.25) is 0 Å². The fourth-order valence-corrected chi connectivity index (χ4v) is 5.02. The topological polar surface area (TPSA) is 49.9 Å². The lowest BCUT2D eigenvalue weighted by Crippen LogP contribution is -2.55. The van der Waals surface area contributed by atoms with Gasteiger partial charge in [0.1, 0.15) is 17.9 Å². The summed E-state index contributed by atoms with van der Waals surface area (Å²) in [5.74, 6) is 2.39. The van der Waals surface area contributed by atoms with Gasteiger partial charge in [-0.2, -0.15) is 0 Å². The molecule has 1 saturated heterocycles. The lowest BCUT2D eigenvalue weighted by Gasteiger charge is -2.35. The zero-order valence-electron chi connectivity index (χ0n) is 14.2. The zero-order chi connectivity index (χ0) is 19.4. The summed E-state index contributed by atoms with van der Waals surface area (Å²) in [6.07, 6.45) is 6.84. The van der Waals surface area contributed by atoms with Crippen LogP contribution in [0, 0.1) is 19.5 Å². The van der Waals surface area contributed by atoms with Crippen molar-refractivity contribution in [1.29, 1.82) is 0 Å². The van der Waals surface area contributed by atoms with E-state index in [1.54, 1.807) is 6.08 Å². The number of rotatable bonds is 5. The number of hydrogen-bond acceptors (Lipinski definition) is 4. The smallest absolute Gasteiger partial charge is 0.265 e. The van der Waals surface area contributed by atoms with Crippen LogP contribution in [0.1, 0.15) is 19.4 Å². The van der Waals surface area contributed by atoms with Crippen LogP contribution in [0.4, 0.5) is 0 Å². The van der Waals surface area contributed by atoms with E-state index in [2.05, 4.69) is 51.1 Å². The van der Waals surface area contributed by atoms with Crippen molar-refractivity contribution < 1.29 is 14.3 Å². The third-order valence-electron chi connectivity index (χ3n) is 3.68. The molecule has 1 aliphatic heterocycles. The zero-order valence-corrected chi connectivity index (χ0v) is 19.3. The second-order valence-corrected chi connectivity index (χ2v) is 7.94. The fourth-order valence-electron chi connectivity index (χ4n) is 2.46. The molecule has 0 radical (unpaired) electrons. The molecule has 1 aliphatic rings. The van der Waals surface area contributed by atoms with Crippen molar-refractivity contribution in [3.05, 3.63) is 30.4 Å². The van der Waals surface area contributed by atoms with Crippen LogP contribution in [0.25, 0.3) is 6.08 Å². The Labute approximate surface area is 185 Å². The van der Waals surface area contributed by atoms with E-state index in [9.17, 15) is 9.59 Å². The van der Waals surface area contributed by atoms with Crippen LogP contribution in [0.15, 0.2) is 17.7 Å². The lowest BCUT2D eigenvalue weighted by atomic mass is 10.1. The van der Waals surface area contributed by atoms with Crippen molar-refractivity contribution >= 4 is 80.4 Å². The molecular formula is C18H16I2N2O3S. The summed E-state index contributed by atoms with van der Waals surface area (Å²) < 4.78 is 7.25. The number of nitrogens with zero attached hydrogens (tertiary/aromatic N) is 2. The highest BCUT2D eigenvalue weighted by Crippen LogP contribution is 2.30. The predicted octanol–water partition coefficient (Wildman–Crippen LogP) is 3.29. The molecule has 2 rings (SSSR count). The van der Waals surface area contributed by atoms with Crippen molar-refractivity contribution in [2.45, 2.75) is 13.8 Å². The van der Waals surface area contributed by atoms with Crippen LogP contribution in [0.3, 0.4) is 0 Å². The number of likely N-dealkylation sites (N-methyl/N-ethyl adjacent to an activating group) is 2. The number of hydrogen-bond donors (Lipinski definition) is 0. The molecule has 0 saturated carbocycles. The first-order valence-corrected chi connectivity index (χ1v) is 10.4. The number of carbonyl (C=O) groups excluding carboxylic acids is 2. The minimum atomic E-state index is -0.370. The first kappa shape index (κ1) is 21.1. The maximum Gasteiger partial charge on any atom is 0.265 e. The van der Waals surface area contributed by atoms with Gasteiger partial charge in [0.2, 0.25) is 0 Å². The van der Waals surface area contributed by atoms with E-state index >= 15 is 0 Å². The molecule has 5 nitrogen and oxygen atoms in total. The summed E-state index contributed by atoms with van der Waals surface area (Å²) in [4.78, 5) is 28.3. The summed E-state index contributed by atoms with van der Waals surface area (Å²) in [6, 6.07) is 3.70. The molecule has 0 aromatic heterocycles. The van der Waals surface area contributed by atoms with E-state index in [4.69, 9.17) is 23.4 Å². The largest absolute Gasteiger partial charge is 0.479 e. The number of halogens is 2. The maximum atomic E-state index is 12.7. The Morgan fingerprint density at radius 2 is 1.65 bits per heavy atom. The fraction of sp³-hybridized carbons (Fsp3) is 0.278. The molecule has 1 aromatic rings. The molecular weight excluding hydrogens is 578 g/mol. The summed E-state index contributed by atoms with van der Waals surface area (Å²) in [5, 5.41) is 0.254. The average molecular weight is 594 g/mol. The van der Waals surface area contributed by atoms with Crippen molar-refractivity contribution in [3.8, 4) is 18.1 Å². The molecule has 0 atom stereocenters. The molecule has 0 spiro atoms. The van der Waals surface area contributed by atoms with E-state index in [0.717, 1.165) is 12.7 Å². The van der Waals surface area contributed by atoms with Gasteiger partial charge in [-0.05, 0) is 95.0 Å². The van der Waals surface area contributed by atoms with Crippen LogP contribution >= 0.6 is 57.4 Å². The quantitative estimate of drug-likeness (QED) is 0.173.